The van der Waals surface area contributed by atoms with E-state index in [2.05, 4.69) is 28.9 Å². The molecule has 1 aliphatic heterocycles. The van der Waals surface area contributed by atoms with Gasteiger partial charge in [-0.3, -0.25) is 4.79 Å². The van der Waals surface area contributed by atoms with Gasteiger partial charge in [-0.15, -0.1) is 11.3 Å². The fraction of sp³-hybridized carbons (Fsp3) is 0.538. The highest BCUT2D eigenvalue weighted by Crippen LogP contribution is 2.22. The fourth-order valence-corrected chi connectivity index (χ4v) is 2.88. The lowest BCUT2D eigenvalue weighted by molar-refractivity contribution is -0.116. The first-order chi connectivity index (χ1) is 9.13. The first kappa shape index (κ1) is 14.0. The summed E-state index contributed by atoms with van der Waals surface area (Å²) in [4.78, 5) is 11.8. The topological polar surface area (TPSA) is 77.0 Å². The number of anilines is 1. The van der Waals surface area contributed by atoms with Crippen molar-refractivity contribution in [2.75, 3.05) is 25.0 Å². The molecule has 19 heavy (non-hydrogen) atoms. The lowest BCUT2D eigenvalue weighted by atomic mass is 10.0. The quantitative estimate of drug-likeness (QED) is 0.758. The summed E-state index contributed by atoms with van der Waals surface area (Å²) in [6.07, 6.45) is 1.50. The van der Waals surface area contributed by atoms with Crippen LogP contribution in [-0.2, 0) is 4.79 Å². The number of nitriles is 1. The summed E-state index contributed by atoms with van der Waals surface area (Å²) in [5.41, 5.74) is 0.624. The van der Waals surface area contributed by atoms with Crippen molar-refractivity contribution in [2.24, 2.45) is 0 Å². The van der Waals surface area contributed by atoms with E-state index in [1.807, 2.05) is 0 Å². The molecule has 3 N–H and O–H groups in total. The Balaban J connectivity index is 1.75. The van der Waals surface area contributed by atoms with E-state index in [9.17, 15) is 4.79 Å². The molecule has 1 aromatic heterocycles. The highest BCUT2D eigenvalue weighted by atomic mass is 32.1. The number of nitrogens with zero attached hydrogens (tertiary/aromatic N) is 1. The summed E-state index contributed by atoms with van der Waals surface area (Å²) in [5, 5.41) is 20.8. The number of hydrogen-bond acceptors (Lipinski definition) is 5. The van der Waals surface area contributed by atoms with Crippen LogP contribution in [-0.4, -0.2) is 31.1 Å². The van der Waals surface area contributed by atoms with Crippen LogP contribution in [0.1, 0.15) is 25.3 Å². The summed E-state index contributed by atoms with van der Waals surface area (Å²) < 4.78 is 0. The van der Waals surface area contributed by atoms with Crippen LogP contribution in [0.15, 0.2) is 11.4 Å². The van der Waals surface area contributed by atoms with E-state index in [0.717, 1.165) is 19.5 Å². The molecular weight excluding hydrogens is 260 g/mol. The molecule has 2 heterocycles. The van der Waals surface area contributed by atoms with Gasteiger partial charge in [-0.2, -0.15) is 5.26 Å². The second-order valence-electron chi connectivity index (χ2n) is 4.99. The molecule has 2 rings (SSSR count). The molecule has 5 nitrogen and oxygen atoms in total. The molecule has 0 radical (unpaired) electrons. The standard InChI is InChI=1S/C13H18N4OS/c1-13(4-6-15-9-13)16-5-2-11(18)17-12-10(8-14)3-7-19-12/h3,7,15-16H,2,4-6,9H2,1H3,(H,17,18). The van der Waals surface area contributed by atoms with E-state index in [1.165, 1.54) is 11.3 Å². The van der Waals surface area contributed by atoms with Gasteiger partial charge in [0.2, 0.25) is 5.91 Å². The minimum Gasteiger partial charge on any atom is -0.317 e. The van der Waals surface area contributed by atoms with Gasteiger partial charge in [-0.1, -0.05) is 0 Å². The Morgan fingerprint density at radius 3 is 3.21 bits per heavy atom. The number of hydrogen-bond donors (Lipinski definition) is 3. The zero-order chi connectivity index (χ0) is 13.7. The Morgan fingerprint density at radius 2 is 2.53 bits per heavy atom. The van der Waals surface area contributed by atoms with Crippen LogP contribution >= 0.6 is 11.3 Å². The Bertz CT molecular complexity index is 485. The highest BCUT2D eigenvalue weighted by molar-refractivity contribution is 7.14. The van der Waals surface area contributed by atoms with Crippen LogP contribution in [0.2, 0.25) is 0 Å². The van der Waals surface area contributed by atoms with Crippen LogP contribution in [0.4, 0.5) is 5.00 Å². The van der Waals surface area contributed by atoms with Crippen LogP contribution in [0.25, 0.3) is 0 Å². The maximum Gasteiger partial charge on any atom is 0.226 e. The van der Waals surface area contributed by atoms with Crippen LogP contribution in [0.3, 0.4) is 0 Å². The van der Waals surface area contributed by atoms with Gasteiger partial charge in [0.05, 0.1) is 5.56 Å². The van der Waals surface area contributed by atoms with Crippen molar-refractivity contribution in [3.8, 4) is 6.07 Å². The van der Waals surface area contributed by atoms with Gasteiger partial charge in [-0.05, 0) is 31.3 Å². The summed E-state index contributed by atoms with van der Waals surface area (Å²) in [5.74, 6) is -0.0546. The molecule has 102 valence electrons. The minimum atomic E-state index is -0.0546. The van der Waals surface area contributed by atoms with Gasteiger partial charge < -0.3 is 16.0 Å². The molecule has 1 amide bonds. The molecule has 0 saturated carbocycles. The molecule has 0 aliphatic carbocycles. The van der Waals surface area contributed by atoms with Crippen LogP contribution in [0, 0.1) is 11.3 Å². The van der Waals surface area contributed by atoms with Crippen molar-refractivity contribution in [3.63, 3.8) is 0 Å². The number of carbonyl (C=O) groups excluding carboxylic acids is 1. The van der Waals surface area contributed by atoms with Gasteiger partial charge in [0.25, 0.3) is 0 Å². The molecule has 0 spiro atoms. The third kappa shape index (κ3) is 3.77. The van der Waals surface area contributed by atoms with Crippen molar-refractivity contribution < 1.29 is 4.79 Å². The largest absolute Gasteiger partial charge is 0.317 e. The molecule has 6 heteroatoms. The molecule has 1 fully saturated rings. The van der Waals surface area contributed by atoms with E-state index in [0.29, 0.717) is 23.5 Å². The van der Waals surface area contributed by atoms with Gasteiger partial charge >= 0.3 is 0 Å². The van der Waals surface area contributed by atoms with E-state index < -0.39 is 0 Å². The lowest BCUT2D eigenvalue weighted by Gasteiger charge is -2.24. The van der Waals surface area contributed by atoms with Gasteiger partial charge in [0.15, 0.2) is 0 Å². The number of rotatable bonds is 5. The Hall–Kier alpha value is -1.42. The van der Waals surface area contributed by atoms with Crippen molar-refractivity contribution in [1.82, 2.24) is 10.6 Å². The van der Waals surface area contributed by atoms with E-state index in [-0.39, 0.29) is 11.4 Å². The molecule has 1 unspecified atom stereocenters. The summed E-state index contributed by atoms with van der Waals surface area (Å²) in [7, 11) is 0. The molecule has 1 atom stereocenters. The maximum absolute atomic E-state index is 11.8. The Morgan fingerprint density at radius 1 is 1.68 bits per heavy atom. The number of amides is 1. The third-order valence-electron chi connectivity index (χ3n) is 3.31. The van der Waals surface area contributed by atoms with E-state index in [4.69, 9.17) is 5.26 Å². The number of thiophene rings is 1. The van der Waals surface area contributed by atoms with Gasteiger partial charge in [0.1, 0.15) is 11.1 Å². The zero-order valence-corrected chi connectivity index (χ0v) is 11.8. The van der Waals surface area contributed by atoms with E-state index in [1.54, 1.807) is 11.4 Å². The van der Waals surface area contributed by atoms with Gasteiger partial charge in [0, 0.05) is 25.0 Å². The average molecular weight is 278 g/mol. The predicted octanol–water partition coefficient (Wildman–Crippen LogP) is 1.29. The predicted molar refractivity (Wildman–Crippen MR) is 76.2 cm³/mol. The molecular formula is C13H18N4OS. The fourth-order valence-electron chi connectivity index (χ4n) is 2.13. The SMILES string of the molecule is CC1(NCCC(=O)Nc2sccc2C#N)CCNC1. The van der Waals surface area contributed by atoms with Gasteiger partial charge in [-0.25, -0.2) is 0 Å². The van der Waals surface area contributed by atoms with E-state index >= 15 is 0 Å². The first-order valence-corrected chi connectivity index (χ1v) is 7.24. The molecule has 0 bridgehead atoms. The Labute approximate surface area is 117 Å². The first-order valence-electron chi connectivity index (χ1n) is 6.36. The lowest BCUT2D eigenvalue weighted by Crippen LogP contribution is -2.45. The number of carbonyl (C=O) groups is 1. The Kier molecular flexibility index (Phi) is 4.53. The minimum absolute atomic E-state index is 0.0546. The molecule has 1 aliphatic rings. The third-order valence-corrected chi connectivity index (χ3v) is 4.14. The van der Waals surface area contributed by atoms with Crippen molar-refractivity contribution >= 4 is 22.2 Å². The van der Waals surface area contributed by atoms with Crippen LogP contribution in [0.5, 0.6) is 0 Å². The second kappa shape index (κ2) is 6.15. The van der Waals surface area contributed by atoms with Crippen molar-refractivity contribution in [1.29, 1.82) is 5.26 Å². The molecule has 1 aromatic rings. The number of nitrogens with one attached hydrogen (secondary N) is 3. The summed E-state index contributed by atoms with van der Waals surface area (Å²) in [6, 6.07) is 3.77. The zero-order valence-electron chi connectivity index (χ0n) is 11.0. The normalized spacial score (nSPS) is 22.1. The highest BCUT2D eigenvalue weighted by Gasteiger charge is 2.27. The molecule has 1 saturated heterocycles. The summed E-state index contributed by atoms with van der Waals surface area (Å²) >= 11 is 1.38. The molecule has 0 aromatic carbocycles. The van der Waals surface area contributed by atoms with Crippen molar-refractivity contribution in [2.45, 2.75) is 25.3 Å². The summed E-state index contributed by atoms with van der Waals surface area (Å²) in [6.45, 7) is 4.78. The monoisotopic (exact) mass is 278 g/mol. The van der Waals surface area contributed by atoms with Crippen LogP contribution < -0.4 is 16.0 Å². The van der Waals surface area contributed by atoms with Crippen molar-refractivity contribution in [3.05, 3.63) is 17.0 Å². The smallest absolute Gasteiger partial charge is 0.226 e. The second-order valence-corrected chi connectivity index (χ2v) is 5.90. The average Bonchev–Trinajstić information content (AvgIpc) is 2.98. The maximum atomic E-state index is 11.8.